The molecule has 2 saturated heterocycles. The number of aromatic nitrogens is 6. The Morgan fingerprint density at radius 2 is 1.04 bits per heavy atom. The van der Waals surface area contributed by atoms with E-state index in [1.807, 2.05) is 98.8 Å². The maximum atomic E-state index is 15.0. The van der Waals surface area contributed by atoms with Gasteiger partial charge in [-0.1, -0.05) is 147 Å². The second-order valence-electron chi connectivity index (χ2n) is 38.9. The summed E-state index contributed by atoms with van der Waals surface area (Å²) >= 11 is 0. The summed E-state index contributed by atoms with van der Waals surface area (Å²) in [4.78, 5) is 172. The Morgan fingerprint density at radius 1 is 0.550 bits per heavy atom. The molecule has 2 aliphatic heterocycles. The summed E-state index contributed by atoms with van der Waals surface area (Å²) in [6, 6.07) is 20.0. The number of likely N-dealkylation sites (tertiary alicyclic amines) is 2. The van der Waals surface area contributed by atoms with Gasteiger partial charge in [0.2, 0.25) is 41.4 Å². The third kappa shape index (κ3) is 32.6. The predicted octanol–water partition coefficient (Wildman–Crippen LogP) is 13.9. The van der Waals surface area contributed by atoms with Gasteiger partial charge in [-0.25, -0.2) is 19.0 Å². The largest absolute Gasteiger partial charge is 0.466 e. The first kappa shape index (κ1) is 107. The molecule has 31 nitrogen and oxygen atoms in total. The number of nitrogens with one attached hydrogen (secondary N) is 1. The molecular weight excluding hydrogens is 1710 g/mol. The number of aliphatic hydroxyl groups excluding tert-OH is 1. The van der Waals surface area contributed by atoms with Crippen LogP contribution in [0.4, 0.5) is 0 Å². The highest BCUT2D eigenvalue weighted by Gasteiger charge is 2.59. The Hall–Kier alpha value is -9.71. The highest BCUT2D eigenvalue weighted by Crippen LogP contribution is 2.52. The van der Waals surface area contributed by atoms with E-state index >= 15 is 0 Å². The SMILES string of the molecule is C=CC1CC(/C=C\C2CC(C=Cc3ccccc3)C3C(=O)N(CCCCCCN(Cc4cn(C(CC(C)(C)C(=O)OCC)C(=O)OC(C)(C)C)nn4)C(=O)CCC(=O)OCCOCCC[Si](C)(C)O[Si](C)(C)CCCC)C(=O)C23)C2C(=O)N(CCCCCCN(Cc3cn(C(CC(C)(C)C(=O)OCC)c4ccccc4)nn3)C(=O)CCC(=O)NCCCOC(=O)C(C)O)C(=O)C12. The maximum absolute atomic E-state index is 15.0. The summed E-state index contributed by atoms with van der Waals surface area (Å²) in [6.45, 7) is 34.6. The van der Waals surface area contributed by atoms with E-state index in [1.54, 1.807) is 81.4 Å². The maximum Gasteiger partial charge on any atom is 0.334 e. The predicted molar refractivity (Wildman–Crippen MR) is 498 cm³/mol. The number of unbranched alkanes of at least 4 members (excludes halogenated alkanes) is 7. The number of nitrogens with zero attached hydrogens (tertiary/aromatic N) is 10. The van der Waals surface area contributed by atoms with Gasteiger partial charge < -0.3 is 52.8 Å². The summed E-state index contributed by atoms with van der Waals surface area (Å²) in [5.74, 6) is -8.70. The summed E-state index contributed by atoms with van der Waals surface area (Å²) in [5.41, 5.74) is -0.249. The molecule has 4 fully saturated rings. The zero-order chi connectivity index (χ0) is 95.8. The van der Waals surface area contributed by atoms with Crippen LogP contribution in [0, 0.1) is 58.2 Å². The van der Waals surface area contributed by atoms with Crippen LogP contribution in [0.25, 0.3) is 6.08 Å². The highest BCUT2D eigenvalue weighted by molar-refractivity contribution is 6.84. The molecule has 11 unspecified atom stereocenters. The van der Waals surface area contributed by atoms with Gasteiger partial charge in [-0.05, 0) is 207 Å². The van der Waals surface area contributed by atoms with E-state index in [9.17, 15) is 62.6 Å². The van der Waals surface area contributed by atoms with Crippen molar-refractivity contribution in [1.29, 1.82) is 0 Å². The number of carbonyl (C=O) groups excluding carboxylic acids is 12. The lowest BCUT2D eigenvalue weighted by Crippen LogP contribution is -2.44. The number of hydrogen-bond acceptors (Lipinski definition) is 24. The summed E-state index contributed by atoms with van der Waals surface area (Å²) < 4.78 is 42.8. The summed E-state index contributed by atoms with van der Waals surface area (Å²) in [6.07, 6.45) is 20.5. The lowest BCUT2D eigenvalue weighted by Gasteiger charge is -2.34. The molecule has 0 spiro atoms. The highest BCUT2D eigenvalue weighted by atomic mass is 28.4. The lowest BCUT2D eigenvalue weighted by molar-refractivity contribution is -0.163. The van der Waals surface area contributed by atoms with Crippen molar-refractivity contribution in [2.24, 2.45) is 58.2 Å². The number of ether oxygens (including phenoxy) is 6. The average molecular weight is 1860 g/mol. The van der Waals surface area contributed by atoms with E-state index in [-0.39, 0.29) is 175 Å². The number of amides is 7. The van der Waals surface area contributed by atoms with Gasteiger partial charge in [0.1, 0.15) is 29.7 Å². The zero-order valence-corrected chi connectivity index (χ0v) is 82.3. The van der Waals surface area contributed by atoms with Gasteiger partial charge in [-0.15, -0.1) is 16.8 Å². The molecule has 2 aromatic heterocycles. The van der Waals surface area contributed by atoms with Crippen molar-refractivity contribution in [3.05, 3.63) is 126 Å². The molecular formula is C98H147N11O20Si2. The van der Waals surface area contributed by atoms with Gasteiger partial charge >= 0.3 is 29.8 Å². The molecule has 11 atom stereocenters. The van der Waals surface area contributed by atoms with Crippen LogP contribution in [0.15, 0.2) is 104 Å². The number of carbonyl (C=O) groups is 12. The molecule has 33 heteroatoms. The monoisotopic (exact) mass is 1850 g/mol. The fraction of sp³-hybridized carbons (Fsp3) is 0.653. The normalized spacial score (nSPS) is 19.5. The molecule has 2 N–H and O–H groups in total. The second-order valence-corrected chi connectivity index (χ2v) is 47.8. The van der Waals surface area contributed by atoms with Crippen LogP contribution in [-0.2, 0) is 103 Å². The van der Waals surface area contributed by atoms with Crippen LogP contribution >= 0.6 is 0 Å². The Kier molecular flexibility index (Phi) is 41.5. The third-order valence-corrected chi connectivity index (χ3v) is 32.5. The number of hydrogen-bond donors (Lipinski definition) is 2. The van der Waals surface area contributed by atoms with Crippen LogP contribution in [0.5, 0.6) is 0 Å². The fourth-order valence-corrected chi connectivity index (χ4v) is 27.2. The number of imide groups is 2. The Balaban J connectivity index is 0.889. The van der Waals surface area contributed by atoms with Crippen molar-refractivity contribution >= 4 is 93.9 Å². The van der Waals surface area contributed by atoms with Crippen LogP contribution in [0.1, 0.15) is 239 Å². The minimum atomic E-state index is -1.89. The lowest BCUT2D eigenvalue weighted by atomic mass is 9.83. The molecule has 2 aliphatic carbocycles. The van der Waals surface area contributed by atoms with Gasteiger partial charge in [-0.3, -0.25) is 57.7 Å². The zero-order valence-electron chi connectivity index (χ0n) is 80.3. The number of esters is 5. The summed E-state index contributed by atoms with van der Waals surface area (Å²) in [5, 5.41) is 30.0. The van der Waals surface area contributed by atoms with Crippen LogP contribution in [0.3, 0.4) is 0 Å². The van der Waals surface area contributed by atoms with Gasteiger partial charge in [-0.2, -0.15) is 0 Å². The number of benzene rings is 2. The van der Waals surface area contributed by atoms with Crippen molar-refractivity contribution < 1.29 is 95.2 Å². The van der Waals surface area contributed by atoms with E-state index in [1.165, 1.54) is 27.8 Å². The van der Waals surface area contributed by atoms with E-state index in [4.69, 9.17) is 32.5 Å². The van der Waals surface area contributed by atoms with Crippen molar-refractivity contribution in [2.75, 3.05) is 72.4 Å². The van der Waals surface area contributed by atoms with Gasteiger partial charge in [0.05, 0.1) is 98.9 Å². The summed E-state index contributed by atoms with van der Waals surface area (Å²) in [7, 11) is -3.63. The van der Waals surface area contributed by atoms with Crippen molar-refractivity contribution in [3.63, 3.8) is 0 Å². The van der Waals surface area contributed by atoms with E-state index in [2.05, 4.69) is 65.6 Å². The van der Waals surface area contributed by atoms with Crippen LogP contribution in [-0.4, -0.2) is 227 Å². The smallest absolute Gasteiger partial charge is 0.334 e. The minimum absolute atomic E-state index is 0.00569. The van der Waals surface area contributed by atoms with E-state index in [0.717, 1.165) is 36.1 Å². The molecule has 4 aromatic rings. The van der Waals surface area contributed by atoms with Gasteiger partial charge in [0.25, 0.3) is 0 Å². The molecule has 131 heavy (non-hydrogen) atoms. The molecule has 722 valence electrons. The van der Waals surface area contributed by atoms with Crippen LogP contribution < -0.4 is 5.32 Å². The average Bonchev–Trinajstić information content (AvgIpc) is 1.58. The number of fused-ring (bicyclic) bond motifs is 2. The second kappa shape index (κ2) is 51.0. The fourth-order valence-electron chi connectivity index (χ4n) is 18.2. The van der Waals surface area contributed by atoms with Crippen molar-refractivity contribution in [1.82, 2.24) is 54.9 Å². The Labute approximate surface area is 776 Å². The van der Waals surface area contributed by atoms with Crippen LogP contribution in [0.2, 0.25) is 38.3 Å². The first-order chi connectivity index (χ1) is 62.2. The topological polar surface area (TPSA) is 376 Å². The van der Waals surface area contributed by atoms with E-state index < -0.39 is 98.8 Å². The molecule has 2 saturated carbocycles. The van der Waals surface area contributed by atoms with Gasteiger partial charge in [0.15, 0.2) is 22.7 Å². The third-order valence-electron chi connectivity index (χ3n) is 24.9. The quantitative estimate of drug-likeness (QED) is 0.0103. The van der Waals surface area contributed by atoms with E-state index in [0.29, 0.717) is 102 Å². The first-order valence-corrected chi connectivity index (χ1v) is 53.7. The number of aliphatic hydroxyl groups is 1. The standard InChI is InChI=1S/C98H147N11O20Si2/c1-17-21-59-130(13,14)129-131(15,16)60-37-55-123-57-58-126-83(114)49-48-82(113)105(66-77-68-109(103-101-77)79(93(120)128-96(6,7)8)64-98(11,12)95(122)125-20-4)52-33-23-25-35-54-107-90(117)86-73(43-42-70-38-28-26-29-39-70)62-75(87(86)91(107)118)45-44-74-61-71(18-2)84-85(74)89(116)106(88(84)115)53-34-24-22-32-51-104(81(112)47-46-80(111)99-50-36-56-127-92(119)69(5)110)65-76-67-108(102-100-76)78(72-40-30-27-31-41-72)63-97(9,10)94(121)124-19-3/h18,26-31,38-45,67-69,71,73-75,78-79,84-87,110H,2,17,19-25,32-37,46-66H2,1,3-16H3,(H,99,111)/b43-42?,45-44-. The minimum Gasteiger partial charge on any atom is -0.466 e. The number of allylic oxidation sites excluding steroid dienone is 4. The Morgan fingerprint density at radius 3 is 1.56 bits per heavy atom. The first-order valence-electron chi connectivity index (χ1n) is 47.5. The molecule has 4 aliphatic rings. The molecule has 8 rings (SSSR count). The molecule has 2 aromatic carbocycles. The van der Waals surface area contributed by atoms with Crippen molar-refractivity contribution in [2.45, 2.75) is 280 Å². The molecule has 7 amide bonds. The molecule has 4 heterocycles. The molecule has 0 bridgehead atoms. The van der Waals surface area contributed by atoms with Gasteiger partial charge in [0, 0.05) is 58.6 Å². The number of rotatable bonds is 58. The van der Waals surface area contributed by atoms with Crippen molar-refractivity contribution in [3.8, 4) is 0 Å². The Bertz CT molecular complexity index is 4500. The molecule has 0 radical (unpaired) electrons.